The van der Waals surface area contributed by atoms with E-state index in [0.29, 0.717) is 32.2 Å². The molecule has 0 radical (unpaired) electrons. The molecule has 0 fully saturated rings. The Labute approximate surface area is 164 Å². The van der Waals surface area contributed by atoms with Gasteiger partial charge in [0, 0.05) is 23.6 Å². The number of hydrogen-bond acceptors (Lipinski definition) is 3. The Morgan fingerprint density at radius 2 is 1.84 bits per heavy atom. The molecule has 0 amide bonds. The van der Waals surface area contributed by atoms with E-state index in [1.807, 2.05) is 36.6 Å². The van der Waals surface area contributed by atoms with E-state index in [0.717, 1.165) is 5.56 Å². The quantitative estimate of drug-likeness (QED) is 0.302. The minimum atomic E-state index is -0.625. The Kier molecular flexibility index (Phi) is 5.66. The van der Waals surface area contributed by atoms with Crippen molar-refractivity contribution < 1.29 is 9.53 Å². The number of methoxy groups -OCH3 is 1. The first-order valence-electron chi connectivity index (χ1n) is 7.34. The van der Waals surface area contributed by atoms with Crippen LogP contribution in [0.4, 0.5) is 0 Å². The van der Waals surface area contributed by atoms with Crippen LogP contribution in [0, 0.1) is 0 Å². The van der Waals surface area contributed by atoms with Crippen molar-refractivity contribution in [1.82, 2.24) is 4.98 Å². The number of carbonyl (C=O) groups is 1. The topological polar surface area (TPSA) is 42.1 Å². The molecule has 1 heterocycles. The summed E-state index contributed by atoms with van der Waals surface area (Å²) in [6.45, 7) is 0. The van der Waals surface area contributed by atoms with Crippen molar-refractivity contribution in [3.8, 4) is 11.1 Å². The first-order chi connectivity index (χ1) is 12.0. The van der Waals surface area contributed by atoms with Gasteiger partial charge in [0.1, 0.15) is 0 Å². The van der Waals surface area contributed by atoms with E-state index in [-0.39, 0.29) is 10.8 Å². The molecule has 0 saturated carbocycles. The predicted molar refractivity (Wildman–Crippen MR) is 107 cm³/mol. The lowest BCUT2D eigenvalue weighted by atomic mass is 10.00. The summed E-state index contributed by atoms with van der Waals surface area (Å²) in [4.78, 5) is 16.1. The van der Waals surface area contributed by atoms with Crippen molar-refractivity contribution in [2.24, 2.45) is 0 Å². The molecular weight excluding hydrogens is 401 g/mol. The van der Waals surface area contributed by atoms with Crippen molar-refractivity contribution in [3.05, 3.63) is 57.2 Å². The first-order valence-corrected chi connectivity index (χ1v) is 9.76. The van der Waals surface area contributed by atoms with E-state index in [1.54, 1.807) is 6.07 Å². The van der Waals surface area contributed by atoms with Crippen molar-refractivity contribution in [2.45, 2.75) is 5.44 Å². The zero-order valence-electron chi connectivity index (χ0n) is 13.4. The summed E-state index contributed by atoms with van der Waals surface area (Å²) in [5.74, 6) is -0.173. The van der Waals surface area contributed by atoms with Crippen LogP contribution in [-0.4, -0.2) is 29.6 Å². The van der Waals surface area contributed by atoms with E-state index >= 15 is 0 Å². The van der Waals surface area contributed by atoms with Gasteiger partial charge >= 0.3 is 0 Å². The Morgan fingerprint density at radius 1 is 1.16 bits per heavy atom. The van der Waals surface area contributed by atoms with Crippen LogP contribution in [0.2, 0.25) is 15.1 Å². The Bertz CT molecular complexity index is 937. The predicted octanol–water partition coefficient (Wildman–Crippen LogP) is 6.31. The van der Waals surface area contributed by atoms with Crippen molar-refractivity contribution in [3.63, 3.8) is 0 Å². The summed E-state index contributed by atoms with van der Waals surface area (Å²) >= 11 is 20.2. The fourth-order valence-electron chi connectivity index (χ4n) is 2.77. The Hall–Kier alpha value is -1.17. The smallest absolute Gasteiger partial charge is 0.218 e. The van der Waals surface area contributed by atoms with Gasteiger partial charge in [0.25, 0.3) is 0 Å². The average Bonchev–Trinajstić information content (AvgIpc) is 3.00. The van der Waals surface area contributed by atoms with Crippen LogP contribution in [0.3, 0.4) is 0 Å². The number of aromatic amines is 1. The van der Waals surface area contributed by atoms with E-state index in [2.05, 4.69) is 4.98 Å². The fourth-order valence-corrected chi connectivity index (χ4v) is 3.99. The number of H-pyrrole nitrogens is 1. The molecule has 0 aliphatic carbocycles. The molecule has 1 aromatic heterocycles. The van der Waals surface area contributed by atoms with E-state index in [4.69, 9.17) is 39.5 Å². The third-order valence-corrected chi connectivity index (χ3v) is 5.97. The number of ketones is 1. The van der Waals surface area contributed by atoms with Crippen LogP contribution in [0.25, 0.3) is 22.0 Å². The van der Waals surface area contributed by atoms with Crippen LogP contribution in [0.5, 0.6) is 0 Å². The maximum Gasteiger partial charge on any atom is 0.218 e. The molecule has 0 aliphatic rings. The van der Waals surface area contributed by atoms with Crippen LogP contribution < -0.4 is 0 Å². The van der Waals surface area contributed by atoms with Crippen LogP contribution in [0.15, 0.2) is 36.4 Å². The van der Waals surface area contributed by atoms with Gasteiger partial charge in [0.15, 0.2) is 5.44 Å². The van der Waals surface area contributed by atoms with Gasteiger partial charge in [-0.3, -0.25) is 4.79 Å². The van der Waals surface area contributed by atoms with E-state index < -0.39 is 5.44 Å². The molecule has 0 aliphatic heterocycles. The SMILES string of the molecule is COC(SC)C(=O)c1[nH]c2cc(Cl)c(Cl)c(Cl)c2c1-c1ccccc1. The lowest BCUT2D eigenvalue weighted by molar-refractivity contribution is 0.0791. The number of Topliss-reactive ketones (excluding diaryl/α,β-unsaturated/α-hetero) is 1. The number of rotatable bonds is 5. The first kappa shape index (κ1) is 18.6. The lowest BCUT2D eigenvalue weighted by Gasteiger charge is -2.12. The maximum absolute atomic E-state index is 13.0. The van der Waals surface area contributed by atoms with Gasteiger partial charge in [-0.2, -0.15) is 0 Å². The fraction of sp³-hybridized carbons (Fsp3) is 0.167. The average molecular weight is 415 g/mol. The number of halogens is 3. The normalized spacial score (nSPS) is 12.5. The van der Waals surface area contributed by atoms with Gasteiger partial charge in [-0.25, -0.2) is 0 Å². The van der Waals surface area contributed by atoms with Crippen LogP contribution in [0.1, 0.15) is 10.5 Å². The zero-order valence-corrected chi connectivity index (χ0v) is 16.5. The summed E-state index contributed by atoms with van der Waals surface area (Å²) < 4.78 is 5.29. The highest BCUT2D eigenvalue weighted by atomic mass is 35.5. The van der Waals surface area contributed by atoms with E-state index in [9.17, 15) is 4.79 Å². The number of hydrogen-bond donors (Lipinski definition) is 1. The van der Waals surface area contributed by atoms with Gasteiger partial charge in [-0.1, -0.05) is 65.1 Å². The summed E-state index contributed by atoms with van der Waals surface area (Å²) in [7, 11) is 1.50. The monoisotopic (exact) mass is 413 g/mol. The van der Waals surface area contributed by atoms with Crippen molar-refractivity contribution in [2.75, 3.05) is 13.4 Å². The maximum atomic E-state index is 13.0. The van der Waals surface area contributed by atoms with Gasteiger partial charge in [0.2, 0.25) is 5.78 Å². The van der Waals surface area contributed by atoms with Gasteiger partial charge in [-0.05, 0) is 17.9 Å². The summed E-state index contributed by atoms with van der Waals surface area (Å²) in [5.41, 5.74) is 1.99. The number of aromatic nitrogens is 1. The van der Waals surface area contributed by atoms with Gasteiger partial charge in [-0.15, -0.1) is 11.8 Å². The minimum Gasteiger partial charge on any atom is -0.362 e. The molecule has 2 aromatic carbocycles. The molecule has 130 valence electrons. The third-order valence-electron chi connectivity index (χ3n) is 3.87. The number of thioether (sulfide) groups is 1. The highest BCUT2D eigenvalue weighted by molar-refractivity contribution is 7.99. The molecule has 0 spiro atoms. The van der Waals surface area contributed by atoms with Crippen molar-refractivity contribution in [1.29, 1.82) is 0 Å². The summed E-state index contributed by atoms with van der Waals surface area (Å²) in [6, 6.07) is 11.2. The Morgan fingerprint density at radius 3 is 2.44 bits per heavy atom. The molecule has 0 bridgehead atoms. The molecule has 25 heavy (non-hydrogen) atoms. The Balaban J connectivity index is 2.37. The molecule has 1 N–H and O–H groups in total. The van der Waals surface area contributed by atoms with Gasteiger partial charge < -0.3 is 9.72 Å². The standard InChI is InChI=1S/C18H14Cl3NO2S/c1-24-18(25-2)17(23)16-12(9-6-4-3-5-7-9)13-11(22-16)8-10(19)14(20)15(13)21/h3-8,18,22H,1-2H3. The second kappa shape index (κ2) is 7.60. The highest BCUT2D eigenvalue weighted by Crippen LogP contribution is 2.43. The third kappa shape index (κ3) is 3.29. The van der Waals surface area contributed by atoms with Gasteiger partial charge in [0.05, 0.1) is 20.8 Å². The molecule has 3 aromatic rings. The van der Waals surface area contributed by atoms with E-state index in [1.165, 1.54) is 18.9 Å². The van der Waals surface area contributed by atoms with Crippen molar-refractivity contribution >= 4 is 63.3 Å². The number of benzene rings is 2. The molecular formula is C18H14Cl3NO2S. The molecule has 1 unspecified atom stereocenters. The lowest BCUT2D eigenvalue weighted by Crippen LogP contribution is -2.20. The number of ether oxygens (including phenoxy) is 1. The second-order valence-electron chi connectivity index (χ2n) is 5.32. The van der Waals surface area contributed by atoms with Crippen LogP contribution >= 0.6 is 46.6 Å². The summed E-state index contributed by atoms with van der Waals surface area (Å²) in [6.07, 6.45) is 1.82. The number of carbonyl (C=O) groups excluding carboxylic acids is 1. The summed E-state index contributed by atoms with van der Waals surface area (Å²) in [5, 5.41) is 1.57. The second-order valence-corrected chi connectivity index (χ2v) is 7.38. The molecule has 0 saturated heterocycles. The highest BCUT2D eigenvalue weighted by Gasteiger charge is 2.27. The number of fused-ring (bicyclic) bond motifs is 1. The number of nitrogens with one attached hydrogen (secondary N) is 1. The molecule has 1 atom stereocenters. The minimum absolute atomic E-state index is 0.173. The molecule has 3 rings (SSSR count). The van der Waals surface area contributed by atoms with Crippen LogP contribution in [-0.2, 0) is 4.74 Å². The zero-order chi connectivity index (χ0) is 18.1. The molecule has 7 heteroatoms. The molecule has 3 nitrogen and oxygen atoms in total. The largest absolute Gasteiger partial charge is 0.362 e.